The predicted molar refractivity (Wildman–Crippen MR) is 91.9 cm³/mol. The third kappa shape index (κ3) is 4.71. The van der Waals surface area contributed by atoms with Gasteiger partial charge >= 0.3 is 0 Å². The van der Waals surface area contributed by atoms with Crippen LogP contribution in [0, 0.1) is 6.92 Å². The summed E-state index contributed by atoms with van der Waals surface area (Å²) in [7, 11) is 0. The van der Waals surface area contributed by atoms with Crippen LogP contribution in [0.1, 0.15) is 41.3 Å². The fraction of sp³-hybridized carbons (Fsp3) is 0.278. The largest absolute Gasteiger partial charge is 0.322 e. The number of carbonyl (C=O) groups excluding carboxylic acids is 1. The van der Waals surface area contributed by atoms with Gasteiger partial charge < -0.3 is 5.32 Å². The number of hydrogen-bond acceptors (Lipinski definition) is 1. The third-order valence-corrected chi connectivity index (χ3v) is 3.79. The van der Waals surface area contributed by atoms with Gasteiger partial charge in [0.1, 0.15) is 0 Å². The minimum absolute atomic E-state index is 0.0827. The van der Waals surface area contributed by atoms with E-state index >= 15 is 0 Å². The van der Waals surface area contributed by atoms with Crippen molar-refractivity contribution in [1.82, 2.24) is 0 Å². The molecular weight excluding hydrogens is 326 g/mol. The maximum absolute atomic E-state index is 12.2. The van der Waals surface area contributed by atoms with Crippen molar-refractivity contribution in [1.29, 1.82) is 0 Å². The highest BCUT2D eigenvalue weighted by Crippen LogP contribution is 2.17. The lowest BCUT2D eigenvalue weighted by Crippen LogP contribution is -2.12. The maximum atomic E-state index is 12.2. The molecule has 2 aromatic rings. The first-order valence-electron chi connectivity index (χ1n) is 7.26. The molecule has 2 nitrogen and oxygen atoms in total. The Balaban J connectivity index is 2.05. The van der Waals surface area contributed by atoms with Gasteiger partial charge in [0, 0.05) is 15.7 Å². The molecule has 0 saturated heterocycles. The fourth-order valence-corrected chi connectivity index (χ4v) is 2.81. The number of unbranched alkanes of at least 4 members (excludes halogenated alkanes) is 1. The van der Waals surface area contributed by atoms with Gasteiger partial charge in [-0.25, -0.2) is 0 Å². The molecule has 1 N–H and O–H groups in total. The number of anilines is 1. The standard InChI is InChI=1S/C18H20BrNO/c1-3-4-5-14-6-8-17(9-7-14)20-18(21)15-10-13(2)11-16(19)12-15/h6-12H,3-5H2,1-2H3,(H,20,21). The highest BCUT2D eigenvalue weighted by atomic mass is 79.9. The molecule has 0 aliphatic heterocycles. The van der Waals surface area contributed by atoms with Crippen molar-refractivity contribution in [3.05, 3.63) is 63.6 Å². The minimum Gasteiger partial charge on any atom is -0.322 e. The van der Waals surface area contributed by atoms with Crippen LogP contribution in [0.5, 0.6) is 0 Å². The van der Waals surface area contributed by atoms with Crippen LogP contribution in [0.2, 0.25) is 0 Å². The molecule has 2 rings (SSSR count). The van der Waals surface area contributed by atoms with Crippen molar-refractivity contribution in [2.45, 2.75) is 33.1 Å². The number of benzene rings is 2. The Morgan fingerprint density at radius 1 is 1.14 bits per heavy atom. The molecule has 0 fully saturated rings. The lowest BCUT2D eigenvalue weighted by Gasteiger charge is -2.08. The van der Waals surface area contributed by atoms with Crippen molar-refractivity contribution in [3.63, 3.8) is 0 Å². The van der Waals surface area contributed by atoms with Crippen LogP contribution in [0.25, 0.3) is 0 Å². The Labute approximate surface area is 134 Å². The molecule has 0 spiro atoms. The van der Waals surface area contributed by atoms with Crippen molar-refractivity contribution in [2.24, 2.45) is 0 Å². The molecule has 0 aliphatic rings. The van der Waals surface area contributed by atoms with E-state index in [1.165, 1.54) is 18.4 Å². The Morgan fingerprint density at radius 3 is 2.48 bits per heavy atom. The molecule has 0 atom stereocenters. The number of amides is 1. The van der Waals surface area contributed by atoms with Gasteiger partial charge in [-0.3, -0.25) is 4.79 Å². The maximum Gasteiger partial charge on any atom is 0.255 e. The quantitative estimate of drug-likeness (QED) is 0.777. The van der Waals surface area contributed by atoms with Crippen LogP contribution in [-0.4, -0.2) is 5.91 Å². The number of carbonyl (C=O) groups is 1. The topological polar surface area (TPSA) is 29.1 Å². The lowest BCUT2D eigenvalue weighted by molar-refractivity contribution is 0.102. The normalized spacial score (nSPS) is 10.4. The smallest absolute Gasteiger partial charge is 0.255 e. The summed E-state index contributed by atoms with van der Waals surface area (Å²) in [6.07, 6.45) is 3.49. The monoisotopic (exact) mass is 345 g/mol. The molecule has 0 aromatic heterocycles. The van der Waals surface area contributed by atoms with Gasteiger partial charge in [-0.05, 0) is 61.2 Å². The van der Waals surface area contributed by atoms with E-state index in [2.05, 4.69) is 40.3 Å². The highest BCUT2D eigenvalue weighted by Gasteiger charge is 2.07. The SMILES string of the molecule is CCCCc1ccc(NC(=O)c2cc(C)cc(Br)c2)cc1. The zero-order valence-electron chi connectivity index (χ0n) is 12.4. The number of nitrogens with one attached hydrogen (secondary N) is 1. The first kappa shape index (κ1) is 15.8. The number of halogens is 1. The summed E-state index contributed by atoms with van der Waals surface area (Å²) in [5, 5.41) is 2.94. The summed E-state index contributed by atoms with van der Waals surface area (Å²) >= 11 is 3.42. The Bertz CT molecular complexity index is 599. The molecule has 0 unspecified atom stereocenters. The molecule has 3 heteroatoms. The van der Waals surface area contributed by atoms with Gasteiger partial charge in [0.05, 0.1) is 0 Å². The van der Waals surface area contributed by atoms with Gasteiger partial charge in [-0.2, -0.15) is 0 Å². The molecule has 2 aromatic carbocycles. The first-order valence-corrected chi connectivity index (χ1v) is 8.05. The molecule has 0 aliphatic carbocycles. The van der Waals surface area contributed by atoms with E-state index in [1.807, 2.05) is 37.3 Å². The third-order valence-electron chi connectivity index (χ3n) is 3.34. The Hall–Kier alpha value is -1.61. The first-order chi connectivity index (χ1) is 10.1. The molecule has 0 heterocycles. The second-order valence-electron chi connectivity index (χ2n) is 5.27. The van der Waals surface area contributed by atoms with Crippen molar-refractivity contribution in [3.8, 4) is 0 Å². The molecule has 0 radical (unpaired) electrons. The zero-order valence-corrected chi connectivity index (χ0v) is 14.0. The fourth-order valence-electron chi connectivity index (χ4n) is 2.21. The Kier molecular flexibility index (Phi) is 5.57. The molecular formula is C18H20BrNO. The number of aryl methyl sites for hydroxylation is 2. The number of hydrogen-bond donors (Lipinski definition) is 1. The van der Waals surface area contributed by atoms with E-state index in [1.54, 1.807) is 0 Å². The van der Waals surface area contributed by atoms with E-state index < -0.39 is 0 Å². The summed E-state index contributed by atoms with van der Waals surface area (Å²) in [5.41, 5.74) is 3.87. The van der Waals surface area contributed by atoms with Crippen molar-refractivity contribution in [2.75, 3.05) is 5.32 Å². The van der Waals surface area contributed by atoms with Crippen LogP contribution in [0.15, 0.2) is 46.9 Å². The van der Waals surface area contributed by atoms with E-state index in [0.717, 1.165) is 22.1 Å². The molecule has 21 heavy (non-hydrogen) atoms. The highest BCUT2D eigenvalue weighted by molar-refractivity contribution is 9.10. The average molecular weight is 346 g/mol. The van der Waals surface area contributed by atoms with Gasteiger partial charge in [0.2, 0.25) is 0 Å². The summed E-state index contributed by atoms with van der Waals surface area (Å²) < 4.78 is 0.919. The van der Waals surface area contributed by atoms with Gasteiger partial charge in [0.15, 0.2) is 0 Å². The van der Waals surface area contributed by atoms with Crippen molar-refractivity contribution < 1.29 is 4.79 Å². The second-order valence-corrected chi connectivity index (χ2v) is 6.19. The molecule has 0 bridgehead atoms. The van der Waals surface area contributed by atoms with Crippen molar-refractivity contribution >= 4 is 27.5 Å². The molecule has 110 valence electrons. The van der Waals surface area contributed by atoms with Gasteiger partial charge in [0.25, 0.3) is 5.91 Å². The lowest BCUT2D eigenvalue weighted by atomic mass is 10.1. The average Bonchev–Trinajstić information content (AvgIpc) is 2.45. The molecule has 1 amide bonds. The van der Waals surface area contributed by atoms with Gasteiger partial charge in [-0.15, -0.1) is 0 Å². The summed E-state index contributed by atoms with van der Waals surface area (Å²) in [5.74, 6) is -0.0827. The predicted octanol–water partition coefficient (Wildman–Crippen LogP) is 5.35. The van der Waals surface area contributed by atoms with E-state index in [-0.39, 0.29) is 5.91 Å². The number of rotatable bonds is 5. The van der Waals surface area contributed by atoms with Crippen LogP contribution >= 0.6 is 15.9 Å². The molecule has 0 saturated carbocycles. The van der Waals surface area contributed by atoms with Gasteiger partial charge in [-0.1, -0.05) is 41.4 Å². The minimum atomic E-state index is -0.0827. The van der Waals surface area contributed by atoms with E-state index in [4.69, 9.17) is 0 Å². The summed E-state index contributed by atoms with van der Waals surface area (Å²) in [6, 6.07) is 13.8. The van der Waals surface area contributed by atoms with Crippen LogP contribution in [-0.2, 0) is 6.42 Å². The van der Waals surface area contributed by atoms with Crippen LogP contribution in [0.4, 0.5) is 5.69 Å². The van der Waals surface area contributed by atoms with E-state index in [9.17, 15) is 4.79 Å². The summed E-state index contributed by atoms with van der Waals surface area (Å²) in [6.45, 7) is 4.17. The van der Waals surface area contributed by atoms with Crippen LogP contribution in [0.3, 0.4) is 0 Å². The van der Waals surface area contributed by atoms with E-state index in [0.29, 0.717) is 5.56 Å². The zero-order chi connectivity index (χ0) is 15.2. The second kappa shape index (κ2) is 7.41. The summed E-state index contributed by atoms with van der Waals surface area (Å²) in [4.78, 5) is 12.2. The Morgan fingerprint density at radius 2 is 1.86 bits per heavy atom. The van der Waals surface area contributed by atoms with Crippen LogP contribution < -0.4 is 5.32 Å².